The van der Waals surface area contributed by atoms with Gasteiger partial charge in [0.2, 0.25) is 0 Å². The highest BCUT2D eigenvalue weighted by atomic mass is 19.4. The van der Waals surface area contributed by atoms with Gasteiger partial charge in [-0.15, -0.1) is 0 Å². The van der Waals surface area contributed by atoms with Gasteiger partial charge in [0.05, 0.1) is 18.6 Å². The third-order valence-electron chi connectivity index (χ3n) is 4.97. The molecule has 0 aromatic heterocycles. The van der Waals surface area contributed by atoms with Gasteiger partial charge < -0.3 is 9.84 Å². The van der Waals surface area contributed by atoms with E-state index in [9.17, 15) is 23.1 Å². The Kier molecular flexibility index (Phi) is 7.11. The van der Waals surface area contributed by atoms with E-state index in [-0.39, 0.29) is 18.4 Å². The number of carbonyl (C=O) groups is 1. The maximum Gasteiger partial charge on any atom is 0.392 e. The predicted octanol–water partition coefficient (Wildman–Crippen LogP) is 6.18. The molecule has 0 aliphatic heterocycles. The van der Waals surface area contributed by atoms with Crippen LogP contribution in [0.15, 0.2) is 35.9 Å². The Morgan fingerprint density at radius 3 is 2.57 bits per heavy atom. The molecular weight excluding hydrogens is 369 g/mol. The lowest BCUT2D eigenvalue weighted by Crippen LogP contribution is -2.24. The Labute approximate surface area is 163 Å². The van der Waals surface area contributed by atoms with Crippen molar-refractivity contribution in [3.8, 4) is 5.75 Å². The normalized spacial score (nSPS) is 18.3. The molecule has 0 heterocycles. The lowest BCUT2D eigenvalue weighted by atomic mass is 9.84. The molecule has 6 heteroatoms. The molecule has 3 nitrogen and oxygen atoms in total. The largest absolute Gasteiger partial charge is 0.497 e. The molecule has 0 fully saturated rings. The van der Waals surface area contributed by atoms with Crippen molar-refractivity contribution in [1.82, 2.24) is 0 Å². The van der Waals surface area contributed by atoms with Crippen LogP contribution < -0.4 is 4.74 Å². The zero-order valence-corrected chi connectivity index (χ0v) is 16.3. The third kappa shape index (κ3) is 5.27. The van der Waals surface area contributed by atoms with Gasteiger partial charge in [-0.2, -0.15) is 13.2 Å². The summed E-state index contributed by atoms with van der Waals surface area (Å²) in [6.45, 7) is 3.76. The molecule has 1 N–H and O–H groups in total. The van der Waals surface area contributed by atoms with Gasteiger partial charge in [-0.3, -0.25) is 0 Å². The quantitative estimate of drug-likeness (QED) is 0.463. The van der Waals surface area contributed by atoms with Crippen LogP contribution in [-0.2, 0) is 4.79 Å². The van der Waals surface area contributed by atoms with E-state index < -0.39 is 18.1 Å². The van der Waals surface area contributed by atoms with E-state index in [4.69, 9.17) is 4.74 Å². The van der Waals surface area contributed by atoms with Gasteiger partial charge >= 0.3 is 12.1 Å². The van der Waals surface area contributed by atoms with Crippen molar-refractivity contribution >= 4 is 17.6 Å². The lowest BCUT2D eigenvalue weighted by molar-refractivity contribution is -0.175. The minimum Gasteiger partial charge on any atom is -0.497 e. The Balaban J connectivity index is 2.48. The first-order valence-corrected chi connectivity index (χ1v) is 9.23. The third-order valence-corrected chi connectivity index (χ3v) is 4.97. The number of hydrogen-bond acceptors (Lipinski definition) is 2. The Morgan fingerprint density at radius 2 is 2.07 bits per heavy atom. The van der Waals surface area contributed by atoms with Crippen molar-refractivity contribution < 1.29 is 27.8 Å². The second kappa shape index (κ2) is 9.13. The standard InChI is InChI=1S/C22H25F3O3/c1-4-5-6-16(21(26)27)11-17-12-19(28-3)13-20(14(17)2)15-7-9-18(10-8-15)22(23,24)25/h5-7,11-13,18H,4,8-10H2,1-3H3,(H,26,27)/b6-5+,16-11+. The first-order chi connectivity index (χ1) is 13.2. The van der Waals surface area contributed by atoms with Crippen molar-refractivity contribution in [2.45, 2.75) is 45.7 Å². The maximum absolute atomic E-state index is 12.9. The summed E-state index contributed by atoms with van der Waals surface area (Å²) in [7, 11) is 1.51. The molecule has 0 spiro atoms. The molecule has 0 amide bonds. The molecule has 152 valence electrons. The summed E-state index contributed by atoms with van der Waals surface area (Å²) >= 11 is 0. The van der Waals surface area contributed by atoms with Gasteiger partial charge in [0.1, 0.15) is 5.75 Å². The smallest absolute Gasteiger partial charge is 0.392 e. The van der Waals surface area contributed by atoms with Crippen molar-refractivity contribution in [2.24, 2.45) is 5.92 Å². The average molecular weight is 394 g/mol. The van der Waals surface area contributed by atoms with Crippen molar-refractivity contribution in [1.29, 1.82) is 0 Å². The van der Waals surface area contributed by atoms with E-state index in [1.54, 1.807) is 36.4 Å². The fourth-order valence-corrected chi connectivity index (χ4v) is 3.28. The number of carboxylic acid groups (broad SMARTS) is 1. The zero-order chi connectivity index (χ0) is 20.9. The van der Waals surface area contributed by atoms with E-state index in [0.717, 1.165) is 16.7 Å². The molecule has 1 aromatic rings. The van der Waals surface area contributed by atoms with Crippen LogP contribution in [-0.4, -0.2) is 24.4 Å². The number of ether oxygens (including phenoxy) is 1. The summed E-state index contributed by atoms with van der Waals surface area (Å²) in [6.07, 6.45) is 3.39. The van der Waals surface area contributed by atoms with Crippen LogP contribution in [0.3, 0.4) is 0 Å². The van der Waals surface area contributed by atoms with Crippen LogP contribution in [0.4, 0.5) is 13.2 Å². The Hall–Kier alpha value is -2.50. The summed E-state index contributed by atoms with van der Waals surface area (Å²) < 4.78 is 44.1. The summed E-state index contributed by atoms with van der Waals surface area (Å²) in [5, 5.41) is 9.43. The number of allylic oxidation sites excluding steroid dienone is 3. The molecular formula is C22H25F3O3. The summed E-state index contributed by atoms with van der Waals surface area (Å²) in [6, 6.07) is 3.54. The Morgan fingerprint density at radius 1 is 1.36 bits per heavy atom. The summed E-state index contributed by atoms with van der Waals surface area (Å²) in [5.74, 6) is -1.81. The first-order valence-electron chi connectivity index (χ1n) is 9.23. The number of methoxy groups -OCH3 is 1. The SMILES string of the molecule is CC/C=C/C(=C\c1cc(OC)cc(C2=CCC(C(F)(F)F)CC2)c1C)C(=O)O. The van der Waals surface area contributed by atoms with Crippen molar-refractivity contribution in [3.05, 3.63) is 52.6 Å². The first kappa shape index (κ1) is 21.8. The molecule has 1 aliphatic rings. The zero-order valence-electron chi connectivity index (χ0n) is 16.3. The lowest BCUT2D eigenvalue weighted by Gasteiger charge is -2.25. The number of halogens is 3. The van der Waals surface area contributed by atoms with Crippen LogP contribution >= 0.6 is 0 Å². The van der Waals surface area contributed by atoms with E-state index in [0.29, 0.717) is 24.2 Å². The molecule has 0 saturated carbocycles. The highest BCUT2D eigenvalue weighted by Crippen LogP contribution is 2.41. The number of aliphatic carboxylic acids is 1. The van der Waals surface area contributed by atoms with Gasteiger partial charge in [0, 0.05) is 0 Å². The van der Waals surface area contributed by atoms with Crippen molar-refractivity contribution in [3.63, 3.8) is 0 Å². The summed E-state index contributed by atoms with van der Waals surface area (Å²) in [5.41, 5.74) is 3.27. The number of carboxylic acids is 1. The average Bonchev–Trinajstić information content (AvgIpc) is 2.65. The minimum atomic E-state index is -4.18. The molecule has 1 atom stereocenters. The number of benzene rings is 1. The molecule has 1 aromatic carbocycles. The van der Waals surface area contributed by atoms with Gasteiger partial charge in [-0.05, 0) is 73.1 Å². The highest BCUT2D eigenvalue weighted by Gasteiger charge is 2.39. The second-order valence-electron chi connectivity index (χ2n) is 6.85. The molecule has 0 saturated heterocycles. The molecule has 1 aliphatic carbocycles. The van der Waals surface area contributed by atoms with Crippen LogP contribution in [0.1, 0.15) is 49.3 Å². The van der Waals surface area contributed by atoms with E-state index >= 15 is 0 Å². The molecule has 0 radical (unpaired) electrons. The molecule has 2 rings (SSSR count). The van der Waals surface area contributed by atoms with E-state index in [1.165, 1.54) is 7.11 Å². The van der Waals surface area contributed by atoms with Crippen LogP contribution in [0.2, 0.25) is 0 Å². The van der Waals surface area contributed by atoms with Crippen LogP contribution in [0.5, 0.6) is 5.75 Å². The molecule has 28 heavy (non-hydrogen) atoms. The minimum absolute atomic E-state index is 0.0414. The topological polar surface area (TPSA) is 46.5 Å². The van der Waals surface area contributed by atoms with Crippen LogP contribution in [0.25, 0.3) is 11.6 Å². The second-order valence-corrected chi connectivity index (χ2v) is 6.85. The summed E-state index contributed by atoms with van der Waals surface area (Å²) in [4.78, 5) is 11.5. The predicted molar refractivity (Wildman–Crippen MR) is 104 cm³/mol. The highest BCUT2D eigenvalue weighted by molar-refractivity contribution is 5.95. The number of rotatable bonds is 6. The fourth-order valence-electron chi connectivity index (χ4n) is 3.28. The van der Waals surface area contributed by atoms with Gasteiger partial charge in [0.25, 0.3) is 0 Å². The van der Waals surface area contributed by atoms with Crippen molar-refractivity contribution in [2.75, 3.05) is 7.11 Å². The molecule has 0 bridgehead atoms. The van der Waals surface area contributed by atoms with Gasteiger partial charge in [0.15, 0.2) is 0 Å². The number of hydrogen-bond donors (Lipinski definition) is 1. The maximum atomic E-state index is 12.9. The molecule has 1 unspecified atom stereocenters. The fraction of sp³-hybridized carbons (Fsp3) is 0.409. The Bertz CT molecular complexity index is 817. The van der Waals surface area contributed by atoms with E-state index in [2.05, 4.69) is 0 Å². The van der Waals surface area contributed by atoms with Gasteiger partial charge in [-0.1, -0.05) is 25.2 Å². The van der Waals surface area contributed by atoms with Gasteiger partial charge in [-0.25, -0.2) is 4.79 Å². The number of alkyl halides is 3. The van der Waals surface area contributed by atoms with Crippen LogP contribution in [0, 0.1) is 12.8 Å². The van der Waals surface area contributed by atoms with E-state index in [1.807, 2.05) is 13.8 Å². The monoisotopic (exact) mass is 394 g/mol.